The third-order valence-corrected chi connectivity index (χ3v) is 6.46. The smallest absolute Gasteiger partial charge is 0.417 e. The highest BCUT2D eigenvalue weighted by Crippen LogP contribution is 2.42. The van der Waals surface area contributed by atoms with Crippen molar-refractivity contribution >= 4 is 17.4 Å². The molecule has 0 spiro atoms. The minimum Gasteiger partial charge on any atom is -0.485 e. The predicted octanol–water partition coefficient (Wildman–Crippen LogP) is 4.05. The molecule has 0 aliphatic carbocycles. The number of halogens is 3. The van der Waals surface area contributed by atoms with Crippen LogP contribution in [0.5, 0.6) is 11.5 Å². The maximum atomic E-state index is 12.6. The second kappa shape index (κ2) is 9.88. The largest absolute Gasteiger partial charge is 0.485 e. The van der Waals surface area contributed by atoms with Gasteiger partial charge >= 0.3 is 6.18 Å². The molecule has 10 heteroatoms. The lowest BCUT2D eigenvalue weighted by Crippen LogP contribution is -2.47. The number of pyridine rings is 1. The fourth-order valence-corrected chi connectivity index (χ4v) is 4.54. The summed E-state index contributed by atoms with van der Waals surface area (Å²) in [4.78, 5) is 8.54. The van der Waals surface area contributed by atoms with Crippen molar-refractivity contribution in [1.82, 2.24) is 9.88 Å². The van der Waals surface area contributed by atoms with Gasteiger partial charge < -0.3 is 14.4 Å². The zero-order chi connectivity index (χ0) is 22.6. The molecule has 0 saturated carbocycles. The number of anilines is 1. The molecule has 2 aromatic rings. The first-order valence-electron chi connectivity index (χ1n) is 10.4. The average molecular weight is 465 g/mol. The fraction of sp³-hybridized carbons (Fsp3) is 0.455. The molecule has 1 aromatic heterocycles. The number of fused-ring (bicyclic) bond motifs is 1. The average Bonchev–Trinajstić information content (AvgIpc) is 2.81. The van der Waals surface area contributed by atoms with Crippen LogP contribution in [0.4, 0.5) is 18.9 Å². The Hall–Kier alpha value is -2.64. The van der Waals surface area contributed by atoms with Crippen molar-refractivity contribution in [3.05, 3.63) is 41.6 Å². The summed E-state index contributed by atoms with van der Waals surface area (Å²) in [5.74, 6) is 1.99. The standard InChI is InChI=1S/C22H23F3N4O2S/c23-22(24,25)17-3-5-19(27-15-17)32-13-1-6-28-7-9-29(10-8-28)18-4-2-16(14-26)20-21(18)31-12-11-30-20/h2-5,15H,1,6-13H2. The summed E-state index contributed by atoms with van der Waals surface area (Å²) in [6.45, 7) is 5.33. The third-order valence-electron chi connectivity index (χ3n) is 5.43. The van der Waals surface area contributed by atoms with E-state index in [2.05, 4.69) is 20.9 Å². The maximum Gasteiger partial charge on any atom is 0.417 e. The molecule has 0 N–H and O–H groups in total. The van der Waals surface area contributed by atoms with Crippen molar-refractivity contribution in [3.63, 3.8) is 0 Å². The van der Waals surface area contributed by atoms with E-state index in [0.717, 1.165) is 62.8 Å². The van der Waals surface area contributed by atoms with Gasteiger partial charge in [-0.2, -0.15) is 18.4 Å². The number of nitrogens with zero attached hydrogens (tertiary/aromatic N) is 4. The lowest BCUT2D eigenvalue weighted by molar-refractivity contribution is -0.137. The molecule has 0 amide bonds. The number of nitriles is 1. The van der Waals surface area contributed by atoms with Crippen molar-refractivity contribution < 1.29 is 22.6 Å². The van der Waals surface area contributed by atoms with Gasteiger partial charge in [0, 0.05) is 38.1 Å². The summed E-state index contributed by atoms with van der Waals surface area (Å²) in [6, 6.07) is 8.36. The first-order valence-corrected chi connectivity index (χ1v) is 11.4. The van der Waals surface area contributed by atoms with Gasteiger partial charge in [0.05, 0.1) is 21.8 Å². The van der Waals surface area contributed by atoms with Crippen LogP contribution in [0.2, 0.25) is 0 Å². The van der Waals surface area contributed by atoms with Crippen molar-refractivity contribution in [1.29, 1.82) is 5.26 Å². The van der Waals surface area contributed by atoms with E-state index in [-0.39, 0.29) is 0 Å². The van der Waals surface area contributed by atoms with E-state index in [1.165, 1.54) is 17.8 Å². The highest BCUT2D eigenvalue weighted by Gasteiger charge is 2.30. The lowest BCUT2D eigenvalue weighted by Gasteiger charge is -2.37. The Balaban J connectivity index is 1.23. The van der Waals surface area contributed by atoms with Crippen molar-refractivity contribution in [2.75, 3.05) is 56.6 Å². The second-order valence-corrected chi connectivity index (χ2v) is 8.63. The Morgan fingerprint density at radius 1 is 1.03 bits per heavy atom. The van der Waals surface area contributed by atoms with Gasteiger partial charge in [-0.25, -0.2) is 4.98 Å². The number of piperazine rings is 1. The number of hydrogen-bond donors (Lipinski definition) is 0. The van der Waals surface area contributed by atoms with Gasteiger partial charge in [-0.05, 0) is 37.2 Å². The van der Waals surface area contributed by atoms with E-state index in [1.54, 1.807) is 6.07 Å². The molecule has 2 aliphatic rings. The van der Waals surface area contributed by atoms with E-state index in [1.807, 2.05) is 6.07 Å². The van der Waals surface area contributed by atoms with Crippen molar-refractivity contribution in [3.8, 4) is 17.6 Å². The zero-order valence-electron chi connectivity index (χ0n) is 17.4. The van der Waals surface area contributed by atoms with Crippen LogP contribution in [0.25, 0.3) is 0 Å². The van der Waals surface area contributed by atoms with Crippen LogP contribution < -0.4 is 14.4 Å². The molecule has 1 saturated heterocycles. The van der Waals surface area contributed by atoms with Crippen LogP contribution in [-0.4, -0.2) is 61.6 Å². The minimum atomic E-state index is -4.35. The summed E-state index contributed by atoms with van der Waals surface area (Å²) in [6.07, 6.45) is -2.54. The molecule has 3 heterocycles. The number of thioether (sulfide) groups is 1. The van der Waals surface area contributed by atoms with Crippen LogP contribution >= 0.6 is 11.8 Å². The number of aromatic nitrogens is 1. The molecule has 4 rings (SSSR count). The molecule has 2 aliphatic heterocycles. The quantitative estimate of drug-likeness (QED) is 0.472. The highest BCUT2D eigenvalue weighted by atomic mass is 32.2. The number of alkyl halides is 3. The molecule has 170 valence electrons. The van der Waals surface area contributed by atoms with Crippen LogP contribution in [0, 0.1) is 11.3 Å². The van der Waals surface area contributed by atoms with E-state index in [9.17, 15) is 18.4 Å². The van der Waals surface area contributed by atoms with E-state index >= 15 is 0 Å². The molecular formula is C22H23F3N4O2S. The van der Waals surface area contributed by atoms with Crippen molar-refractivity contribution in [2.45, 2.75) is 17.6 Å². The molecule has 0 bridgehead atoms. The molecule has 0 atom stereocenters. The Morgan fingerprint density at radius 3 is 2.44 bits per heavy atom. The molecule has 32 heavy (non-hydrogen) atoms. The van der Waals surface area contributed by atoms with Gasteiger partial charge in [0.15, 0.2) is 11.5 Å². The normalized spacial score (nSPS) is 16.6. The number of ether oxygens (including phenoxy) is 2. The van der Waals surface area contributed by atoms with Gasteiger partial charge in [-0.15, -0.1) is 11.8 Å². The summed E-state index contributed by atoms with van der Waals surface area (Å²) in [7, 11) is 0. The molecule has 0 radical (unpaired) electrons. The summed E-state index contributed by atoms with van der Waals surface area (Å²) >= 11 is 1.47. The van der Waals surface area contributed by atoms with Gasteiger partial charge in [-0.3, -0.25) is 4.90 Å². The highest BCUT2D eigenvalue weighted by molar-refractivity contribution is 7.99. The van der Waals surface area contributed by atoms with Gasteiger partial charge in [0.25, 0.3) is 0 Å². The summed E-state index contributed by atoms with van der Waals surface area (Å²) < 4.78 is 49.3. The van der Waals surface area contributed by atoms with Crippen LogP contribution in [-0.2, 0) is 6.18 Å². The first kappa shape index (κ1) is 22.6. The predicted molar refractivity (Wildman–Crippen MR) is 115 cm³/mol. The lowest BCUT2D eigenvalue weighted by atomic mass is 10.1. The Kier molecular flexibility index (Phi) is 6.96. The molecule has 1 fully saturated rings. The summed E-state index contributed by atoms with van der Waals surface area (Å²) in [5.41, 5.74) is 0.726. The Labute approximate surface area is 188 Å². The van der Waals surface area contributed by atoms with Gasteiger partial charge in [-0.1, -0.05) is 0 Å². The third kappa shape index (κ3) is 5.22. The fourth-order valence-electron chi connectivity index (χ4n) is 3.77. The van der Waals surface area contributed by atoms with E-state index < -0.39 is 11.7 Å². The molecule has 6 nitrogen and oxygen atoms in total. The van der Waals surface area contributed by atoms with E-state index in [0.29, 0.717) is 35.3 Å². The van der Waals surface area contributed by atoms with Crippen LogP contribution in [0.3, 0.4) is 0 Å². The van der Waals surface area contributed by atoms with Crippen molar-refractivity contribution in [2.24, 2.45) is 0 Å². The zero-order valence-corrected chi connectivity index (χ0v) is 18.2. The molecule has 0 unspecified atom stereocenters. The number of benzene rings is 1. The molecule has 1 aromatic carbocycles. The topological polar surface area (TPSA) is 61.6 Å². The maximum absolute atomic E-state index is 12.6. The van der Waals surface area contributed by atoms with Crippen LogP contribution in [0.1, 0.15) is 17.5 Å². The Morgan fingerprint density at radius 2 is 1.78 bits per heavy atom. The number of hydrogen-bond acceptors (Lipinski definition) is 7. The summed E-state index contributed by atoms with van der Waals surface area (Å²) in [5, 5.41) is 9.90. The first-order chi connectivity index (χ1) is 15.5. The van der Waals surface area contributed by atoms with E-state index in [4.69, 9.17) is 9.47 Å². The SMILES string of the molecule is N#Cc1ccc(N2CCN(CCCSc3ccc(C(F)(F)F)cn3)CC2)c2c1OCCO2. The monoisotopic (exact) mass is 464 g/mol. The van der Waals surface area contributed by atoms with Gasteiger partial charge in [0.2, 0.25) is 0 Å². The minimum absolute atomic E-state index is 0.443. The number of rotatable bonds is 6. The Bertz CT molecular complexity index is 971. The van der Waals surface area contributed by atoms with Gasteiger partial charge in [0.1, 0.15) is 19.3 Å². The van der Waals surface area contributed by atoms with Crippen LogP contribution in [0.15, 0.2) is 35.5 Å². The molecular weight excluding hydrogens is 441 g/mol. The second-order valence-electron chi connectivity index (χ2n) is 7.51.